The summed E-state index contributed by atoms with van der Waals surface area (Å²) in [7, 11) is 1.49. The number of imide groups is 1. The summed E-state index contributed by atoms with van der Waals surface area (Å²) in [5.74, 6) is -1.84. The fourth-order valence-corrected chi connectivity index (χ4v) is 4.30. The van der Waals surface area contributed by atoms with Crippen LogP contribution < -0.4 is 15.0 Å². The van der Waals surface area contributed by atoms with Crippen LogP contribution in [0.2, 0.25) is 0 Å². The molecular weight excluding hydrogens is 424 g/mol. The smallest absolute Gasteiger partial charge is 0.338 e. The van der Waals surface area contributed by atoms with Crippen molar-refractivity contribution in [1.82, 2.24) is 0 Å². The predicted octanol–water partition coefficient (Wildman–Crippen LogP) is 3.19. The monoisotopic (exact) mass is 448 g/mol. The molecule has 1 fully saturated rings. The molecule has 0 unspecified atom stereocenters. The van der Waals surface area contributed by atoms with Crippen molar-refractivity contribution in [3.8, 4) is 5.75 Å². The molecule has 4 rings (SSSR count). The molecule has 3 atom stereocenters. The number of fused-ring (bicyclic) bond motifs is 1. The van der Waals surface area contributed by atoms with Gasteiger partial charge in [0, 0.05) is 0 Å². The minimum Gasteiger partial charge on any atom is -0.495 e. The van der Waals surface area contributed by atoms with E-state index in [1.165, 1.54) is 36.3 Å². The van der Waals surface area contributed by atoms with Crippen LogP contribution >= 0.6 is 0 Å². The summed E-state index contributed by atoms with van der Waals surface area (Å²) in [6.07, 6.45) is 4.47. The van der Waals surface area contributed by atoms with E-state index in [4.69, 9.17) is 9.47 Å². The third kappa shape index (κ3) is 4.37. The van der Waals surface area contributed by atoms with Gasteiger partial charge < -0.3 is 14.8 Å². The molecule has 0 bridgehead atoms. The number of hydrogen-bond acceptors (Lipinski definition) is 6. The highest BCUT2D eigenvalue weighted by molar-refractivity contribution is 6.22. The number of para-hydroxylation sites is 2. The first kappa shape index (κ1) is 22.3. The zero-order valence-corrected chi connectivity index (χ0v) is 18.3. The van der Waals surface area contributed by atoms with Crippen LogP contribution in [0.5, 0.6) is 5.75 Å². The number of anilines is 2. The Bertz CT molecular complexity index is 1120. The topological polar surface area (TPSA) is 102 Å². The average Bonchev–Trinajstić information content (AvgIpc) is 3.08. The number of hydrogen-bond donors (Lipinski definition) is 1. The van der Waals surface area contributed by atoms with Gasteiger partial charge in [-0.05, 0) is 48.7 Å². The minimum atomic E-state index is -0.692. The molecule has 0 spiro atoms. The largest absolute Gasteiger partial charge is 0.495 e. The van der Waals surface area contributed by atoms with Crippen molar-refractivity contribution < 1.29 is 28.7 Å². The first-order chi connectivity index (χ1) is 15.9. The number of nitrogens with zero attached hydrogens (tertiary/aromatic N) is 1. The number of allylic oxidation sites excluding steroid dienone is 2. The fourth-order valence-electron chi connectivity index (χ4n) is 4.30. The summed E-state index contributed by atoms with van der Waals surface area (Å²) in [6, 6.07) is 12.9. The van der Waals surface area contributed by atoms with Crippen molar-refractivity contribution in [2.45, 2.75) is 13.3 Å². The Balaban J connectivity index is 1.37. The van der Waals surface area contributed by atoms with E-state index in [1.807, 2.05) is 19.1 Å². The van der Waals surface area contributed by atoms with Gasteiger partial charge in [-0.15, -0.1) is 0 Å². The summed E-state index contributed by atoms with van der Waals surface area (Å²) >= 11 is 0. The van der Waals surface area contributed by atoms with Gasteiger partial charge in [0.15, 0.2) is 6.61 Å². The molecule has 0 aromatic heterocycles. The maximum absolute atomic E-state index is 12.9. The number of benzene rings is 2. The highest BCUT2D eigenvalue weighted by atomic mass is 16.5. The highest BCUT2D eigenvalue weighted by Crippen LogP contribution is 2.40. The number of rotatable bonds is 6. The predicted molar refractivity (Wildman–Crippen MR) is 121 cm³/mol. The molecule has 1 aliphatic heterocycles. The second-order valence-corrected chi connectivity index (χ2v) is 8.04. The molecule has 33 heavy (non-hydrogen) atoms. The third-order valence-electron chi connectivity index (χ3n) is 5.95. The van der Waals surface area contributed by atoms with E-state index in [9.17, 15) is 19.2 Å². The summed E-state index contributed by atoms with van der Waals surface area (Å²) in [5.41, 5.74) is 1.09. The molecule has 3 amide bonds. The molecule has 1 saturated heterocycles. The second-order valence-electron chi connectivity index (χ2n) is 8.04. The quantitative estimate of drug-likeness (QED) is 0.414. The van der Waals surface area contributed by atoms with E-state index >= 15 is 0 Å². The Labute approximate surface area is 191 Å². The Kier molecular flexibility index (Phi) is 6.26. The lowest BCUT2D eigenvalue weighted by Gasteiger charge is -2.22. The lowest BCUT2D eigenvalue weighted by molar-refractivity contribution is -0.123. The van der Waals surface area contributed by atoms with Crippen LogP contribution in [-0.2, 0) is 19.1 Å². The molecule has 1 N–H and O–H groups in total. The molecule has 0 saturated carbocycles. The standard InChI is InChI=1S/C25H24N2O6/c1-15-6-5-7-18-22(15)24(30)27(23(18)29)17-12-10-16(11-13-17)25(31)33-14-21(28)26-19-8-3-4-9-20(19)32-2/h3-6,8-13,15,18,22H,7,14H2,1-2H3,(H,26,28)/t15-,18+,22-/m0/s1. The summed E-state index contributed by atoms with van der Waals surface area (Å²) in [5, 5.41) is 2.62. The van der Waals surface area contributed by atoms with E-state index < -0.39 is 18.5 Å². The Morgan fingerprint density at radius 1 is 1.06 bits per heavy atom. The molecule has 2 aromatic rings. The summed E-state index contributed by atoms with van der Waals surface area (Å²) in [4.78, 5) is 51.4. The van der Waals surface area contributed by atoms with Crippen LogP contribution in [0.4, 0.5) is 11.4 Å². The second kappa shape index (κ2) is 9.28. The van der Waals surface area contributed by atoms with E-state index in [2.05, 4.69) is 5.32 Å². The minimum absolute atomic E-state index is 0.00134. The van der Waals surface area contributed by atoms with Gasteiger partial charge in [-0.2, -0.15) is 0 Å². The zero-order valence-electron chi connectivity index (χ0n) is 18.3. The van der Waals surface area contributed by atoms with Crippen molar-refractivity contribution in [1.29, 1.82) is 0 Å². The van der Waals surface area contributed by atoms with E-state index in [-0.39, 0.29) is 35.1 Å². The number of ether oxygens (including phenoxy) is 2. The molecule has 1 aliphatic carbocycles. The normalized spacial score (nSPS) is 21.5. The molecule has 8 heteroatoms. The van der Waals surface area contributed by atoms with E-state index in [0.29, 0.717) is 23.5 Å². The fraction of sp³-hybridized carbons (Fsp3) is 0.280. The van der Waals surface area contributed by atoms with Crippen molar-refractivity contribution >= 4 is 35.1 Å². The van der Waals surface area contributed by atoms with Gasteiger partial charge in [0.25, 0.3) is 5.91 Å². The first-order valence-corrected chi connectivity index (χ1v) is 10.6. The van der Waals surface area contributed by atoms with Crippen LogP contribution in [-0.4, -0.2) is 37.4 Å². The van der Waals surface area contributed by atoms with Gasteiger partial charge in [-0.3, -0.25) is 19.3 Å². The molecule has 1 heterocycles. The van der Waals surface area contributed by atoms with Crippen LogP contribution in [0.25, 0.3) is 0 Å². The van der Waals surface area contributed by atoms with E-state index in [0.717, 1.165) is 0 Å². The Morgan fingerprint density at radius 3 is 2.48 bits per heavy atom. The maximum atomic E-state index is 12.9. The van der Waals surface area contributed by atoms with Crippen molar-refractivity contribution in [2.24, 2.45) is 17.8 Å². The van der Waals surface area contributed by atoms with Gasteiger partial charge in [0.05, 0.1) is 35.9 Å². The van der Waals surface area contributed by atoms with Crippen molar-refractivity contribution in [2.75, 3.05) is 23.9 Å². The summed E-state index contributed by atoms with van der Waals surface area (Å²) in [6.45, 7) is 1.46. The number of amides is 3. The average molecular weight is 448 g/mol. The van der Waals surface area contributed by atoms with Gasteiger partial charge in [0.1, 0.15) is 5.75 Å². The molecular formula is C25H24N2O6. The van der Waals surface area contributed by atoms with Crippen LogP contribution in [0.3, 0.4) is 0 Å². The molecule has 170 valence electrons. The van der Waals surface area contributed by atoms with Gasteiger partial charge in [-0.25, -0.2) is 4.79 Å². The number of carbonyl (C=O) groups is 4. The Hall–Kier alpha value is -3.94. The highest BCUT2D eigenvalue weighted by Gasteiger charge is 2.50. The number of esters is 1. The lowest BCUT2D eigenvalue weighted by atomic mass is 9.78. The van der Waals surface area contributed by atoms with Gasteiger partial charge in [-0.1, -0.05) is 31.2 Å². The van der Waals surface area contributed by atoms with E-state index in [1.54, 1.807) is 24.3 Å². The van der Waals surface area contributed by atoms with Crippen LogP contribution in [0.15, 0.2) is 60.7 Å². The van der Waals surface area contributed by atoms with Crippen LogP contribution in [0, 0.1) is 17.8 Å². The third-order valence-corrected chi connectivity index (χ3v) is 5.95. The zero-order chi connectivity index (χ0) is 23.5. The van der Waals surface area contributed by atoms with Gasteiger partial charge in [0.2, 0.25) is 11.8 Å². The molecule has 8 nitrogen and oxygen atoms in total. The number of nitrogens with one attached hydrogen (secondary N) is 1. The maximum Gasteiger partial charge on any atom is 0.338 e. The summed E-state index contributed by atoms with van der Waals surface area (Å²) < 4.78 is 10.3. The van der Waals surface area contributed by atoms with Crippen molar-refractivity contribution in [3.63, 3.8) is 0 Å². The molecule has 0 radical (unpaired) electrons. The number of carbonyl (C=O) groups excluding carboxylic acids is 4. The van der Waals surface area contributed by atoms with Crippen LogP contribution in [0.1, 0.15) is 23.7 Å². The number of methoxy groups -OCH3 is 1. The van der Waals surface area contributed by atoms with Crippen molar-refractivity contribution in [3.05, 3.63) is 66.2 Å². The lowest BCUT2D eigenvalue weighted by Crippen LogP contribution is -2.31. The molecule has 2 aliphatic rings. The van der Waals surface area contributed by atoms with Gasteiger partial charge >= 0.3 is 5.97 Å². The SMILES string of the molecule is COc1ccccc1NC(=O)COC(=O)c1ccc(N2C(=O)[C@H]3[C@@H](C)C=CC[C@H]3C2=O)cc1. The Morgan fingerprint density at radius 2 is 1.79 bits per heavy atom. The first-order valence-electron chi connectivity index (χ1n) is 10.6. The molecule has 2 aromatic carbocycles.